The normalized spacial score (nSPS) is 24.5. The summed E-state index contributed by atoms with van der Waals surface area (Å²) in [6.45, 7) is 11.3. The molecule has 0 aliphatic carbocycles. The summed E-state index contributed by atoms with van der Waals surface area (Å²) in [5.41, 5.74) is 0. The van der Waals surface area contributed by atoms with Gasteiger partial charge in [0.05, 0.1) is 0 Å². The Bertz CT molecular complexity index is 206. The van der Waals surface area contributed by atoms with Gasteiger partial charge in [0, 0.05) is 6.04 Å². The third-order valence-electron chi connectivity index (χ3n) is 4.57. The molecule has 0 aromatic rings. The molecule has 2 rings (SSSR count). The third-order valence-corrected chi connectivity index (χ3v) is 4.57. The lowest BCUT2D eigenvalue weighted by atomic mass is 10.1. The van der Waals surface area contributed by atoms with Crippen molar-refractivity contribution in [2.75, 3.05) is 45.8 Å². The number of piperidine rings is 2. The number of likely N-dealkylation sites (tertiary alicyclic amines) is 2. The zero-order chi connectivity index (χ0) is 12.6. The molecular formula is C15H31N3. The van der Waals surface area contributed by atoms with Crippen LogP contribution in [0.15, 0.2) is 0 Å². The first kappa shape index (κ1) is 14.3. The Balaban J connectivity index is 1.48. The molecular weight excluding hydrogens is 222 g/mol. The minimum absolute atomic E-state index is 0.786. The molecule has 106 valence electrons. The van der Waals surface area contributed by atoms with Crippen molar-refractivity contribution in [2.45, 2.75) is 51.5 Å². The van der Waals surface area contributed by atoms with Crippen LogP contribution < -0.4 is 5.32 Å². The minimum atomic E-state index is 0.786. The van der Waals surface area contributed by atoms with E-state index in [4.69, 9.17) is 0 Å². The van der Waals surface area contributed by atoms with E-state index in [1.54, 1.807) is 0 Å². The molecule has 0 bridgehead atoms. The van der Waals surface area contributed by atoms with E-state index in [0.717, 1.165) is 6.04 Å². The number of hydrogen-bond donors (Lipinski definition) is 1. The summed E-state index contributed by atoms with van der Waals surface area (Å²) in [7, 11) is 0. The molecule has 0 unspecified atom stereocenters. The van der Waals surface area contributed by atoms with Gasteiger partial charge in [0.1, 0.15) is 0 Å². The smallest absolute Gasteiger partial charge is 0.00914 e. The number of hydrogen-bond acceptors (Lipinski definition) is 3. The lowest BCUT2D eigenvalue weighted by molar-refractivity contribution is 0.200. The Hall–Kier alpha value is -0.120. The number of nitrogens with one attached hydrogen (secondary N) is 1. The van der Waals surface area contributed by atoms with Crippen LogP contribution >= 0.6 is 0 Å². The molecule has 0 saturated carbocycles. The molecule has 3 heteroatoms. The van der Waals surface area contributed by atoms with Crippen LogP contribution in [0.1, 0.15) is 45.4 Å². The molecule has 2 heterocycles. The van der Waals surface area contributed by atoms with Gasteiger partial charge in [-0.15, -0.1) is 0 Å². The highest BCUT2D eigenvalue weighted by molar-refractivity contribution is 4.76. The van der Waals surface area contributed by atoms with Crippen molar-refractivity contribution in [3.63, 3.8) is 0 Å². The second kappa shape index (κ2) is 8.13. The standard InChI is InChI=1S/C15H31N3/c1-2-17-13-7-15(8-14-17)16-9-6-12-18-10-4-3-5-11-18/h15-16H,2-14H2,1H3. The quantitative estimate of drug-likeness (QED) is 0.730. The molecule has 2 fully saturated rings. The molecule has 1 N–H and O–H groups in total. The lowest BCUT2D eigenvalue weighted by Gasteiger charge is -2.32. The monoisotopic (exact) mass is 253 g/mol. The Kier molecular flexibility index (Phi) is 6.46. The molecule has 2 aliphatic heterocycles. The largest absolute Gasteiger partial charge is 0.314 e. The van der Waals surface area contributed by atoms with Crippen LogP contribution in [0.2, 0.25) is 0 Å². The highest BCUT2D eigenvalue weighted by Crippen LogP contribution is 2.10. The maximum atomic E-state index is 3.75. The lowest BCUT2D eigenvalue weighted by Crippen LogP contribution is -2.43. The minimum Gasteiger partial charge on any atom is -0.314 e. The van der Waals surface area contributed by atoms with Crippen LogP contribution in [0.4, 0.5) is 0 Å². The summed E-state index contributed by atoms with van der Waals surface area (Å²) in [4.78, 5) is 5.21. The van der Waals surface area contributed by atoms with Gasteiger partial charge in [-0.05, 0) is 77.9 Å². The molecule has 0 aromatic carbocycles. The van der Waals surface area contributed by atoms with Crippen LogP contribution in [0.25, 0.3) is 0 Å². The summed E-state index contributed by atoms with van der Waals surface area (Å²) in [6.07, 6.45) is 8.31. The fourth-order valence-electron chi connectivity index (χ4n) is 3.25. The maximum absolute atomic E-state index is 3.75. The average molecular weight is 253 g/mol. The summed E-state index contributed by atoms with van der Waals surface area (Å²) >= 11 is 0. The number of nitrogens with zero attached hydrogens (tertiary/aromatic N) is 2. The van der Waals surface area contributed by atoms with Crippen LogP contribution in [0.5, 0.6) is 0 Å². The van der Waals surface area contributed by atoms with Crippen molar-refractivity contribution in [1.82, 2.24) is 15.1 Å². The molecule has 2 aliphatic rings. The highest BCUT2D eigenvalue weighted by Gasteiger charge is 2.17. The zero-order valence-electron chi connectivity index (χ0n) is 12.2. The van der Waals surface area contributed by atoms with Crippen molar-refractivity contribution in [1.29, 1.82) is 0 Å². The summed E-state index contributed by atoms with van der Waals surface area (Å²) < 4.78 is 0. The van der Waals surface area contributed by atoms with Crippen LogP contribution in [-0.2, 0) is 0 Å². The Morgan fingerprint density at radius 3 is 2.33 bits per heavy atom. The van der Waals surface area contributed by atoms with E-state index in [2.05, 4.69) is 22.0 Å². The Morgan fingerprint density at radius 1 is 0.944 bits per heavy atom. The first-order chi connectivity index (χ1) is 8.88. The van der Waals surface area contributed by atoms with Gasteiger partial charge in [-0.2, -0.15) is 0 Å². The number of rotatable bonds is 6. The molecule has 0 radical (unpaired) electrons. The highest BCUT2D eigenvalue weighted by atomic mass is 15.1. The molecule has 0 amide bonds. The topological polar surface area (TPSA) is 18.5 Å². The van der Waals surface area contributed by atoms with Gasteiger partial charge >= 0.3 is 0 Å². The molecule has 18 heavy (non-hydrogen) atoms. The molecule has 0 aromatic heterocycles. The summed E-state index contributed by atoms with van der Waals surface area (Å²) in [5, 5.41) is 3.75. The van der Waals surface area contributed by atoms with Gasteiger partial charge in [-0.25, -0.2) is 0 Å². The Morgan fingerprint density at radius 2 is 1.67 bits per heavy atom. The van der Waals surface area contributed by atoms with Gasteiger partial charge in [0.15, 0.2) is 0 Å². The first-order valence-electron chi connectivity index (χ1n) is 8.06. The second-order valence-electron chi connectivity index (χ2n) is 5.92. The second-order valence-corrected chi connectivity index (χ2v) is 5.92. The van der Waals surface area contributed by atoms with Crippen LogP contribution in [0.3, 0.4) is 0 Å². The van der Waals surface area contributed by atoms with E-state index < -0.39 is 0 Å². The van der Waals surface area contributed by atoms with Gasteiger partial charge in [-0.3, -0.25) is 0 Å². The summed E-state index contributed by atoms with van der Waals surface area (Å²) in [6, 6.07) is 0.786. The van der Waals surface area contributed by atoms with Gasteiger partial charge in [-0.1, -0.05) is 13.3 Å². The van der Waals surface area contributed by atoms with E-state index in [1.807, 2.05) is 0 Å². The third kappa shape index (κ3) is 4.87. The predicted molar refractivity (Wildman–Crippen MR) is 78.0 cm³/mol. The van der Waals surface area contributed by atoms with E-state index in [1.165, 1.54) is 84.3 Å². The average Bonchev–Trinajstić information content (AvgIpc) is 2.45. The SMILES string of the molecule is CCN1CCC(NCCCN2CCCCC2)CC1. The van der Waals surface area contributed by atoms with E-state index in [9.17, 15) is 0 Å². The van der Waals surface area contributed by atoms with E-state index in [0.29, 0.717) is 0 Å². The fourth-order valence-corrected chi connectivity index (χ4v) is 3.25. The van der Waals surface area contributed by atoms with Crippen molar-refractivity contribution in [2.24, 2.45) is 0 Å². The molecule has 2 saturated heterocycles. The molecule has 0 spiro atoms. The van der Waals surface area contributed by atoms with Gasteiger partial charge in [0.25, 0.3) is 0 Å². The van der Waals surface area contributed by atoms with Crippen molar-refractivity contribution < 1.29 is 0 Å². The van der Waals surface area contributed by atoms with Crippen LogP contribution in [0, 0.1) is 0 Å². The maximum Gasteiger partial charge on any atom is 0.00914 e. The van der Waals surface area contributed by atoms with Crippen LogP contribution in [-0.4, -0.2) is 61.7 Å². The van der Waals surface area contributed by atoms with E-state index >= 15 is 0 Å². The van der Waals surface area contributed by atoms with Crippen molar-refractivity contribution in [3.05, 3.63) is 0 Å². The first-order valence-corrected chi connectivity index (χ1v) is 8.06. The van der Waals surface area contributed by atoms with Crippen molar-refractivity contribution >= 4 is 0 Å². The van der Waals surface area contributed by atoms with Crippen molar-refractivity contribution in [3.8, 4) is 0 Å². The van der Waals surface area contributed by atoms with E-state index in [-0.39, 0.29) is 0 Å². The fraction of sp³-hybridized carbons (Fsp3) is 1.00. The van der Waals surface area contributed by atoms with Gasteiger partial charge in [0.2, 0.25) is 0 Å². The molecule has 0 atom stereocenters. The molecule has 3 nitrogen and oxygen atoms in total. The Labute approximate surface area is 113 Å². The predicted octanol–water partition coefficient (Wildman–Crippen LogP) is 1.94. The summed E-state index contributed by atoms with van der Waals surface area (Å²) in [5.74, 6) is 0. The zero-order valence-corrected chi connectivity index (χ0v) is 12.2. The van der Waals surface area contributed by atoms with Gasteiger partial charge < -0.3 is 15.1 Å².